The summed E-state index contributed by atoms with van der Waals surface area (Å²) in [6, 6.07) is 4.08. The van der Waals surface area contributed by atoms with E-state index < -0.39 is 16.8 Å². The highest BCUT2D eigenvalue weighted by atomic mass is 35.5. The Balaban J connectivity index is 2.49. The lowest BCUT2D eigenvalue weighted by Gasteiger charge is -2.09. The van der Waals surface area contributed by atoms with Gasteiger partial charge in [-0.25, -0.2) is 4.79 Å². The van der Waals surface area contributed by atoms with Gasteiger partial charge in [0.25, 0.3) is 0 Å². The largest absolute Gasteiger partial charge is 0.478 e. The van der Waals surface area contributed by atoms with Crippen molar-refractivity contribution in [3.63, 3.8) is 0 Å². The Kier molecular flexibility index (Phi) is 7.35. The van der Waals surface area contributed by atoms with E-state index in [2.05, 4.69) is 10.6 Å². The Bertz CT molecular complexity index is 551. The summed E-state index contributed by atoms with van der Waals surface area (Å²) in [7, 11) is -0.872. The molecular formula is C13H17ClN2O4S. The number of nitrogens with one attached hydrogen (secondary N) is 2. The van der Waals surface area contributed by atoms with Crippen LogP contribution in [-0.4, -0.2) is 45.8 Å². The molecule has 1 amide bonds. The summed E-state index contributed by atoms with van der Waals surface area (Å²) < 4.78 is 11.2. The third kappa shape index (κ3) is 6.24. The lowest BCUT2D eigenvalue weighted by molar-refractivity contribution is -0.115. The molecule has 3 N–H and O–H groups in total. The second kappa shape index (κ2) is 8.76. The maximum absolute atomic E-state index is 11.7. The molecule has 0 aliphatic rings. The van der Waals surface area contributed by atoms with Gasteiger partial charge in [-0.3, -0.25) is 9.00 Å². The number of halogens is 1. The van der Waals surface area contributed by atoms with Crippen LogP contribution in [0.4, 0.5) is 5.69 Å². The first-order valence-corrected chi connectivity index (χ1v) is 8.19. The average molecular weight is 333 g/mol. The number of carbonyl (C=O) groups is 2. The van der Waals surface area contributed by atoms with Crippen molar-refractivity contribution in [2.24, 2.45) is 0 Å². The van der Waals surface area contributed by atoms with E-state index in [0.717, 1.165) is 0 Å². The summed E-state index contributed by atoms with van der Waals surface area (Å²) in [4.78, 5) is 22.6. The van der Waals surface area contributed by atoms with Crippen LogP contribution in [0, 0.1) is 0 Å². The van der Waals surface area contributed by atoms with Crippen molar-refractivity contribution in [2.45, 2.75) is 6.92 Å². The number of carboxylic acid groups (broad SMARTS) is 1. The Morgan fingerprint density at radius 3 is 2.71 bits per heavy atom. The molecule has 0 aliphatic heterocycles. The lowest BCUT2D eigenvalue weighted by Crippen LogP contribution is -2.31. The molecule has 0 aromatic heterocycles. The minimum atomic E-state index is -1.10. The summed E-state index contributed by atoms with van der Waals surface area (Å²) in [5.41, 5.74) is 0.293. The second-order valence-electron chi connectivity index (χ2n) is 4.16. The van der Waals surface area contributed by atoms with Gasteiger partial charge < -0.3 is 15.7 Å². The molecule has 6 nitrogen and oxygen atoms in total. The quantitative estimate of drug-likeness (QED) is 0.624. The zero-order chi connectivity index (χ0) is 15.8. The molecule has 1 atom stereocenters. The minimum Gasteiger partial charge on any atom is -0.478 e. The molecule has 21 heavy (non-hydrogen) atoms. The lowest BCUT2D eigenvalue weighted by atomic mass is 10.2. The Morgan fingerprint density at radius 1 is 1.38 bits per heavy atom. The topological polar surface area (TPSA) is 95.5 Å². The maximum Gasteiger partial charge on any atom is 0.335 e. The van der Waals surface area contributed by atoms with E-state index in [1.807, 2.05) is 6.92 Å². The molecule has 0 bridgehead atoms. The van der Waals surface area contributed by atoms with Crippen LogP contribution in [0.3, 0.4) is 0 Å². The van der Waals surface area contributed by atoms with Crippen molar-refractivity contribution < 1.29 is 18.9 Å². The van der Waals surface area contributed by atoms with Crippen LogP contribution < -0.4 is 10.6 Å². The Labute approximate surface area is 130 Å². The van der Waals surface area contributed by atoms with E-state index in [0.29, 0.717) is 18.1 Å². The number of hydrogen-bond acceptors (Lipinski definition) is 4. The monoisotopic (exact) mass is 332 g/mol. The van der Waals surface area contributed by atoms with Crippen LogP contribution >= 0.6 is 11.6 Å². The molecule has 0 fully saturated rings. The number of carboxylic acids is 1. The van der Waals surface area contributed by atoms with Gasteiger partial charge in [0.2, 0.25) is 5.91 Å². The SMILES string of the molecule is CCS(=O)CCNCC(=O)Nc1cc(C(=O)O)ccc1Cl. The van der Waals surface area contributed by atoms with Gasteiger partial charge in [-0.1, -0.05) is 18.5 Å². The fourth-order valence-electron chi connectivity index (χ4n) is 1.48. The molecule has 1 aromatic carbocycles. The van der Waals surface area contributed by atoms with Crippen LogP contribution in [0.2, 0.25) is 5.02 Å². The third-order valence-electron chi connectivity index (χ3n) is 2.60. The summed E-state index contributed by atoms with van der Waals surface area (Å²) in [5, 5.41) is 14.5. The predicted octanol–water partition coefficient (Wildman–Crippen LogP) is 1.33. The number of anilines is 1. The first-order chi connectivity index (χ1) is 9.93. The fraction of sp³-hybridized carbons (Fsp3) is 0.385. The van der Waals surface area contributed by atoms with E-state index >= 15 is 0 Å². The zero-order valence-corrected chi connectivity index (χ0v) is 13.1. The van der Waals surface area contributed by atoms with Crippen molar-refractivity contribution in [1.29, 1.82) is 0 Å². The highest BCUT2D eigenvalue weighted by Crippen LogP contribution is 2.22. The molecule has 0 saturated carbocycles. The molecule has 1 aromatic rings. The maximum atomic E-state index is 11.7. The van der Waals surface area contributed by atoms with Crippen molar-refractivity contribution in [1.82, 2.24) is 5.32 Å². The summed E-state index contributed by atoms with van der Waals surface area (Å²) in [6.07, 6.45) is 0. The van der Waals surface area contributed by atoms with Gasteiger partial charge in [-0.05, 0) is 18.2 Å². The van der Waals surface area contributed by atoms with E-state index in [1.165, 1.54) is 18.2 Å². The smallest absolute Gasteiger partial charge is 0.335 e. The third-order valence-corrected chi connectivity index (χ3v) is 4.23. The number of amides is 1. The summed E-state index contributed by atoms with van der Waals surface area (Å²) in [5.74, 6) is -0.367. The van der Waals surface area contributed by atoms with Crippen LogP contribution in [0.5, 0.6) is 0 Å². The molecular weight excluding hydrogens is 316 g/mol. The normalized spacial score (nSPS) is 11.9. The Hall–Kier alpha value is -1.44. The molecule has 0 saturated heterocycles. The van der Waals surface area contributed by atoms with Crippen LogP contribution in [0.1, 0.15) is 17.3 Å². The molecule has 1 unspecified atom stereocenters. The molecule has 0 heterocycles. The molecule has 8 heteroatoms. The van der Waals surface area contributed by atoms with Gasteiger partial charge in [0.15, 0.2) is 0 Å². The van der Waals surface area contributed by atoms with Gasteiger partial charge in [-0.2, -0.15) is 0 Å². The molecule has 0 radical (unpaired) electrons. The first-order valence-electron chi connectivity index (χ1n) is 6.32. The molecule has 0 spiro atoms. The molecule has 116 valence electrons. The second-order valence-corrected chi connectivity index (χ2v) is 6.43. The standard InChI is InChI=1S/C13H17ClN2O4S/c1-2-21(20)6-5-15-8-12(17)16-11-7-9(13(18)19)3-4-10(11)14/h3-4,7,15H,2,5-6,8H2,1H3,(H,16,17)(H,18,19). The number of rotatable bonds is 8. The number of aromatic carboxylic acids is 1. The van der Waals surface area contributed by atoms with Gasteiger partial charge in [0, 0.05) is 28.9 Å². The van der Waals surface area contributed by atoms with E-state index in [-0.39, 0.29) is 28.7 Å². The zero-order valence-electron chi connectivity index (χ0n) is 11.5. The molecule has 1 rings (SSSR count). The van der Waals surface area contributed by atoms with Crippen molar-refractivity contribution in [3.8, 4) is 0 Å². The summed E-state index contributed by atoms with van der Waals surface area (Å²) >= 11 is 5.90. The first kappa shape index (κ1) is 17.6. The van der Waals surface area contributed by atoms with Gasteiger partial charge in [0.1, 0.15) is 0 Å². The van der Waals surface area contributed by atoms with Crippen LogP contribution in [0.15, 0.2) is 18.2 Å². The van der Waals surface area contributed by atoms with Crippen molar-refractivity contribution in [2.75, 3.05) is 29.9 Å². The molecule has 0 aliphatic carbocycles. The van der Waals surface area contributed by atoms with Gasteiger partial charge in [-0.15, -0.1) is 0 Å². The average Bonchev–Trinajstić information content (AvgIpc) is 2.45. The number of benzene rings is 1. The number of hydrogen-bond donors (Lipinski definition) is 3. The van der Waals surface area contributed by atoms with Gasteiger partial charge >= 0.3 is 5.97 Å². The highest BCUT2D eigenvalue weighted by molar-refractivity contribution is 7.84. The minimum absolute atomic E-state index is 0.0363. The van der Waals surface area contributed by atoms with Crippen molar-refractivity contribution >= 4 is 40.0 Å². The van der Waals surface area contributed by atoms with E-state index in [9.17, 15) is 13.8 Å². The number of carbonyl (C=O) groups excluding carboxylic acids is 1. The van der Waals surface area contributed by atoms with E-state index in [1.54, 1.807) is 0 Å². The van der Waals surface area contributed by atoms with Crippen LogP contribution in [0.25, 0.3) is 0 Å². The fourth-order valence-corrected chi connectivity index (χ4v) is 2.31. The van der Waals surface area contributed by atoms with Crippen molar-refractivity contribution in [3.05, 3.63) is 28.8 Å². The summed E-state index contributed by atoms with van der Waals surface area (Å²) in [6.45, 7) is 2.34. The predicted molar refractivity (Wildman–Crippen MR) is 83.5 cm³/mol. The van der Waals surface area contributed by atoms with Crippen LogP contribution in [-0.2, 0) is 15.6 Å². The highest BCUT2D eigenvalue weighted by Gasteiger charge is 2.10. The van der Waals surface area contributed by atoms with Gasteiger partial charge in [0.05, 0.1) is 22.8 Å². The Morgan fingerprint density at radius 2 is 2.10 bits per heavy atom. The van der Waals surface area contributed by atoms with E-state index in [4.69, 9.17) is 16.7 Å².